The lowest BCUT2D eigenvalue weighted by atomic mass is 9.78. The maximum atomic E-state index is 14.6. The van der Waals surface area contributed by atoms with Crippen molar-refractivity contribution in [1.82, 2.24) is 15.3 Å². The number of rotatable bonds is 9. The molecule has 6 nitrogen and oxygen atoms in total. The topological polar surface area (TPSA) is 73.3 Å². The van der Waals surface area contributed by atoms with Gasteiger partial charge in [-0.2, -0.15) is 13.8 Å². The van der Waals surface area contributed by atoms with Crippen molar-refractivity contribution in [1.29, 1.82) is 0 Å². The fourth-order valence-electron chi connectivity index (χ4n) is 6.36. The second-order valence-corrected chi connectivity index (χ2v) is 11.3. The number of aromatic nitrogens is 2. The van der Waals surface area contributed by atoms with Crippen LogP contribution in [-0.2, 0) is 28.9 Å². The normalized spacial score (nSPS) is 20.8. The summed E-state index contributed by atoms with van der Waals surface area (Å²) in [6.45, 7) is 2.28. The lowest BCUT2D eigenvalue weighted by Crippen LogP contribution is -2.38. The van der Waals surface area contributed by atoms with E-state index in [0.717, 1.165) is 37.7 Å². The van der Waals surface area contributed by atoms with Gasteiger partial charge in [0.2, 0.25) is 23.3 Å². The molecule has 1 heterocycles. The molecule has 1 aromatic heterocycles. The van der Waals surface area contributed by atoms with E-state index in [4.69, 9.17) is 14.5 Å². The summed E-state index contributed by atoms with van der Waals surface area (Å²) in [5, 5.41) is 3.49. The van der Waals surface area contributed by atoms with Crippen LogP contribution < -0.4 is 10.1 Å². The zero-order chi connectivity index (χ0) is 30.7. The molecule has 43 heavy (non-hydrogen) atoms. The van der Waals surface area contributed by atoms with E-state index in [1.54, 1.807) is 12.1 Å². The molecule has 2 atom stereocenters. The van der Waals surface area contributed by atoms with E-state index < -0.39 is 29.0 Å². The van der Waals surface area contributed by atoms with Crippen LogP contribution in [0.5, 0.6) is 11.6 Å². The van der Waals surface area contributed by atoms with E-state index >= 15 is 0 Å². The molecule has 3 aromatic rings. The lowest BCUT2D eigenvalue weighted by molar-refractivity contribution is -0.146. The Balaban J connectivity index is 1.41. The number of nitrogens with zero attached hydrogens (tertiary/aromatic N) is 2. The van der Waals surface area contributed by atoms with Gasteiger partial charge in [-0.1, -0.05) is 19.1 Å². The van der Waals surface area contributed by atoms with Gasteiger partial charge in [-0.3, -0.25) is 4.79 Å². The molecule has 0 bridgehead atoms. The number of halogens is 5. The standard InChI is InChI=1S/C32H34F5N3O3/c1-3-25(17-7-9-18(10-8-17)32(41)42-2)38-16-27-39-26-12-11-20(19-5-4-6-21(33)13-19)14-22(26)31(40-27)43-30-28(36)23(34)15-24(35)29(30)37/h4-6,13,15,17-18,20,25,38H,3,7-12,14,16H2,1-2H3/t17?,18?,20-,25-/m1/s1. The average Bonchev–Trinajstić information content (AvgIpc) is 3.02. The van der Waals surface area contributed by atoms with E-state index in [9.17, 15) is 26.7 Å². The number of hydrogen-bond donors (Lipinski definition) is 1. The zero-order valence-corrected chi connectivity index (χ0v) is 24.1. The lowest BCUT2D eigenvalue weighted by Gasteiger charge is -2.33. The Hall–Kier alpha value is -3.60. The number of benzene rings is 2. The number of carbonyl (C=O) groups is 1. The molecule has 2 aromatic carbocycles. The molecular formula is C32H34F5N3O3. The van der Waals surface area contributed by atoms with Crippen molar-refractivity contribution in [3.05, 3.63) is 82.1 Å². The molecule has 0 radical (unpaired) electrons. The fourth-order valence-corrected chi connectivity index (χ4v) is 6.36. The smallest absolute Gasteiger partial charge is 0.308 e. The Labute approximate surface area is 247 Å². The molecule has 11 heteroatoms. The van der Waals surface area contributed by atoms with Gasteiger partial charge in [0, 0.05) is 17.7 Å². The summed E-state index contributed by atoms with van der Waals surface area (Å²) in [4.78, 5) is 21.1. The third-order valence-electron chi connectivity index (χ3n) is 8.71. The molecule has 2 aliphatic carbocycles. The average molecular weight is 604 g/mol. The molecule has 0 aliphatic heterocycles. The summed E-state index contributed by atoms with van der Waals surface area (Å²) < 4.78 is 81.6. The summed E-state index contributed by atoms with van der Waals surface area (Å²) in [5.41, 5.74) is 1.78. The summed E-state index contributed by atoms with van der Waals surface area (Å²) >= 11 is 0. The van der Waals surface area contributed by atoms with Crippen LogP contribution in [0.4, 0.5) is 22.0 Å². The quantitative estimate of drug-likeness (QED) is 0.160. The molecule has 230 valence electrons. The van der Waals surface area contributed by atoms with Crippen LogP contribution in [0.2, 0.25) is 0 Å². The SMILES string of the molecule is CC[C@@H](NCc1nc2c(c(Oc3c(F)c(F)cc(F)c3F)n1)C[C@H](c1cccc(F)c1)CC2)C1CCC(C(=O)OC)CC1. The molecular weight excluding hydrogens is 569 g/mol. The van der Waals surface area contributed by atoms with Crippen LogP contribution in [0, 0.1) is 40.9 Å². The van der Waals surface area contributed by atoms with Crippen LogP contribution in [0.3, 0.4) is 0 Å². The van der Waals surface area contributed by atoms with Crippen molar-refractivity contribution in [2.45, 2.75) is 76.8 Å². The minimum Gasteiger partial charge on any atom is -0.469 e. The predicted molar refractivity (Wildman–Crippen MR) is 148 cm³/mol. The van der Waals surface area contributed by atoms with Crippen LogP contribution in [0.15, 0.2) is 30.3 Å². The van der Waals surface area contributed by atoms with Crippen LogP contribution in [0.1, 0.15) is 74.0 Å². The number of ether oxygens (including phenoxy) is 2. The maximum absolute atomic E-state index is 14.6. The van der Waals surface area contributed by atoms with Gasteiger partial charge in [-0.15, -0.1) is 0 Å². The van der Waals surface area contributed by atoms with Gasteiger partial charge in [0.25, 0.3) is 0 Å². The molecule has 0 spiro atoms. The van der Waals surface area contributed by atoms with Gasteiger partial charge in [0.05, 0.1) is 25.3 Å². The first-order valence-electron chi connectivity index (χ1n) is 14.6. The van der Waals surface area contributed by atoms with E-state index in [-0.39, 0.29) is 54.6 Å². The predicted octanol–water partition coefficient (Wildman–Crippen LogP) is 7.08. The highest BCUT2D eigenvalue weighted by atomic mass is 19.2. The number of aryl methyl sites for hydroxylation is 1. The second-order valence-electron chi connectivity index (χ2n) is 11.3. The first-order valence-corrected chi connectivity index (χ1v) is 14.6. The summed E-state index contributed by atoms with van der Waals surface area (Å²) in [7, 11) is 1.40. The Morgan fingerprint density at radius 3 is 2.37 bits per heavy atom. The zero-order valence-electron chi connectivity index (χ0n) is 24.1. The van der Waals surface area contributed by atoms with Gasteiger partial charge in [0.15, 0.2) is 11.6 Å². The largest absolute Gasteiger partial charge is 0.469 e. The monoisotopic (exact) mass is 603 g/mol. The minimum absolute atomic E-state index is 0.0906. The van der Waals surface area contributed by atoms with Crippen molar-refractivity contribution in [3.63, 3.8) is 0 Å². The van der Waals surface area contributed by atoms with Gasteiger partial charge in [-0.25, -0.2) is 18.2 Å². The second kappa shape index (κ2) is 13.4. The van der Waals surface area contributed by atoms with Crippen molar-refractivity contribution in [2.75, 3.05) is 7.11 Å². The van der Waals surface area contributed by atoms with Crippen molar-refractivity contribution < 1.29 is 36.2 Å². The first kappa shape index (κ1) is 30.8. The Kier molecular flexibility index (Phi) is 9.59. The number of hydrogen-bond acceptors (Lipinski definition) is 6. The van der Waals surface area contributed by atoms with E-state index in [2.05, 4.69) is 17.2 Å². The highest BCUT2D eigenvalue weighted by molar-refractivity contribution is 5.72. The molecule has 5 rings (SSSR count). The molecule has 0 saturated heterocycles. The highest BCUT2D eigenvalue weighted by Gasteiger charge is 2.32. The van der Waals surface area contributed by atoms with Gasteiger partial charge < -0.3 is 14.8 Å². The third kappa shape index (κ3) is 6.82. The van der Waals surface area contributed by atoms with Crippen molar-refractivity contribution in [2.24, 2.45) is 11.8 Å². The molecule has 0 amide bonds. The van der Waals surface area contributed by atoms with Crippen molar-refractivity contribution in [3.8, 4) is 11.6 Å². The van der Waals surface area contributed by atoms with Gasteiger partial charge in [0.1, 0.15) is 11.6 Å². The Bertz CT molecular complexity index is 1450. The van der Waals surface area contributed by atoms with E-state index in [1.807, 2.05) is 0 Å². The number of fused-ring (bicyclic) bond motifs is 1. The van der Waals surface area contributed by atoms with Crippen molar-refractivity contribution >= 4 is 5.97 Å². The highest BCUT2D eigenvalue weighted by Crippen LogP contribution is 2.39. The van der Waals surface area contributed by atoms with Crippen LogP contribution >= 0.6 is 0 Å². The Morgan fingerprint density at radius 2 is 1.72 bits per heavy atom. The summed E-state index contributed by atoms with van der Waals surface area (Å²) in [5.74, 6) is -8.13. The van der Waals surface area contributed by atoms with Gasteiger partial charge in [-0.05, 0) is 80.9 Å². The number of nitrogens with one attached hydrogen (secondary N) is 1. The van der Waals surface area contributed by atoms with Crippen LogP contribution in [0.25, 0.3) is 0 Å². The van der Waals surface area contributed by atoms with E-state index in [0.29, 0.717) is 35.8 Å². The third-order valence-corrected chi connectivity index (χ3v) is 8.71. The van der Waals surface area contributed by atoms with E-state index in [1.165, 1.54) is 19.2 Å². The molecule has 2 aliphatic rings. The number of esters is 1. The first-order chi connectivity index (χ1) is 20.7. The number of carbonyl (C=O) groups excluding carboxylic acids is 1. The molecule has 0 unspecified atom stereocenters. The maximum Gasteiger partial charge on any atom is 0.308 e. The number of methoxy groups -OCH3 is 1. The molecule has 1 N–H and O–H groups in total. The summed E-state index contributed by atoms with van der Waals surface area (Å²) in [6.07, 6.45) is 5.40. The molecule has 1 saturated carbocycles. The minimum atomic E-state index is -1.67. The fraction of sp³-hybridized carbons (Fsp3) is 0.469. The Morgan fingerprint density at radius 1 is 1.00 bits per heavy atom. The summed E-state index contributed by atoms with van der Waals surface area (Å²) in [6, 6.07) is 6.40. The molecule has 1 fully saturated rings. The van der Waals surface area contributed by atoms with Gasteiger partial charge >= 0.3 is 5.97 Å². The van der Waals surface area contributed by atoms with Crippen LogP contribution in [-0.4, -0.2) is 29.1 Å².